The summed E-state index contributed by atoms with van der Waals surface area (Å²) >= 11 is 0. The van der Waals surface area contributed by atoms with Gasteiger partial charge in [0.15, 0.2) is 0 Å². The molecule has 0 bridgehead atoms. The monoisotopic (exact) mass is 227 g/mol. The van der Waals surface area contributed by atoms with Crippen LogP contribution in [-0.2, 0) is 14.3 Å². The molecule has 0 aromatic carbocycles. The summed E-state index contributed by atoms with van der Waals surface area (Å²) in [5.41, 5.74) is 0.333. The minimum Gasteiger partial charge on any atom is -0.381 e. The fourth-order valence-corrected chi connectivity index (χ4v) is 2.73. The predicted molar refractivity (Wildman–Crippen MR) is 60.1 cm³/mol. The molecule has 1 spiro atoms. The summed E-state index contributed by atoms with van der Waals surface area (Å²) in [6, 6.07) is 0.351. The number of ether oxygens (including phenoxy) is 2. The Hall–Kier alpha value is -0.610. The Morgan fingerprint density at radius 3 is 2.75 bits per heavy atom. The molecule has 4 nitrogen and oxygen atoms in total. The van der Waals surface area contributed by atoms with Gasteiger partial charge >= 0.3 is 0 Å². The van der Waals surface area contributed by atoms with Gasteiger partial charge in [0.1, 0.15) is 6.61 Å². The summed E-state index contributed by atoms with van der Waals surface area (Å²) in [6.07, 6.45) is 4.52. The highest BCUT2D eigenvalue weighted by atomic mass is 16.5. The molecule has 1 heterocycles. The van der Waals surface area contributed by atoms with Crippen molar-refractivity contribution in [3.63, 3.8) is 0 Å². The van der Waals surface area contributed by atoms with Gasteiger partial charge in [0.25, 0.3) is 0 Å². The van der Waals surface area contributed by atoms with Crippen LogP contribution in [-0.4, -0.2) is 38.4 Å². The van der Waals surface area contributed by atoms with Crippen LogP contribution < -0.4 is 5.32 Å². The van der Waals surface area contributed by atoms with Crippen molar-refractivity contribution >= 4 is 5.91 Å². The molecule has 1 saturated carbocycles. The molecule has 1 N–H and O–H groups in total. The van der Waals surface area contributed by atoms with Gasteiger partial charge < -0.3 is 14.8 Å². The molecule has 4 heteroatoms. The largest absolute Gasteiger partial charge is 0.381 e. The standard InChI is InChI=1S/C12H21NO3/c1-2-15-9-11(14)13-10-3-4-12(10)5-7-16-8-6-12/h10H,2-9H2,1H3,(H,13,14). The molecule has 0 aromatic rings. The fraction of sp³-hybridized carbons (Fsp3) is 0.917. The van der Waals surface area contributed by atoms with E-state index in [1.165, 1.54) is 6.42 Å². The third-order valence-corrected chi connectivity index (χ3v) is 3.93. The molecule has 2 rings (SSSR count). The molecule has 0 radical (unpaired) electrons. The van der Waals surface area contributed by atoms with Crippen molar-refractivity contribution in [3.8, 4) is 0 Å². The van der Waals surface area contributed by atoms with Crippen LogP contribution >= 0.6 is 0 Å². The Morgan fingerprint density at radius 1 is 1.44 bits per heavy atom. The first-order valence-electron chi connectivity index (χ1n) is 6.22. The van der Waals surface area contributed by atoms with Gasteiger partial charge in [-0.25, -0.2) is 0 Å². The summed E-state index contributed by atoms with van der Waals surface area (Å²) < 4.78 is 10.5. The van der Waals surface area contributed by atoms with E-state index in [9.17, 15) is 4.79 Å². The van der Waals surface area contributed by atoms with Crippen molar-refractivity contribution in [2.75, 3.05) is 26.4 Å². The van der Waals surface area contributed by atoms with E-state index in [1.54, 1.807) is 0 Å². The summed E-state index contributed by atoms with van der Waals surface area (Å²) in [5.74, 6) is 0.0254. The third-order valence-electron chi connectivity index (χ3n) is 3.93. The third kappa shape index (κ3) is 2.38. The molecule has 16 heavy (non-hydrogen) atoms. The van der Waals surface area contributed by atoms with Gasteiger partial charge in [-0.15, -0.1) is 0 Å². The number of hydrogen-bond acceptors (Lipinski definition) is 3. The van der Waals surface area contributed by atoms with E-state index < -0.39 is 0 Å². The van der Waals surface area contributed by atoms with Crippen molar-refractivity contribution < 1.29 is 14.3 Å². The highest BCUT2D eigenvalue weighted by molar-refractivity contribution is 5.77. The Balaban J connectivity index is 1.79. The molecule has 0 aromatic heterocycles. The SMILES string of the molecule is CCOCC(=O)NC1CCC12CCOCC2. The zero-order chi connectivity index (χ0) is 11.4. The zero-order valence-corrected chi connectivity index (χ0v) is 9.96. The maximum absolute atomic E-state index is 11.6. The van der Waals surface area contributed by atoms with E-state index in [1.807, 2.05) is 6.92 Å². The lowest BCUT2D eigenvalue weighted by Gasteiger charge is -2.52. The van der Waals surface area contributed by atoms with Crippen LogP contribution in [0.15, 0.2) is 0 Å². The number of rotatable bonds is 4. The molecule has 1 amide bonds. The molecule has 2 fully saturated rings. The summed E-state index contributed by atoms with van der Waals surface area (Å²) in [6.45, 7) is 4.38. The van der Waals surface area contributed by atoms with Gasteiger partial charge in [0, 0.05) is 25.9 Å². The van der Waals surface area contributed by atoms with Crippen molar-refractivity contribution in [2.45, 2.75) is 38.6 Å². The van der Waals surface area contributed by atoms with Gasteiger partial charge in [0.2, 0.25) is 5.91 Å². The quantitative estimate of drug-likeness (QED) is 0.782. The van der Waals surface area contributed by atoms with Gasteiger partial charge in [-0.3, -0.25) is 4.79 Å². The molecular formula is C12H21NO3. The first-order valence-corrected chi connectivity index (χ1v) is 6.22. The summed E-state index contributed by atoms with van der Waals surface area (Å²) in [4.78, 5) is 11.6. The second kappa shape index (κ2) is 5.15. The Bertz CT molecular complexity index is 249. The van der Waals surface area contributed by atoms with Crippen molar-refractivity contribution in [3.05, 3.63) is 0 Å². The Kier molecular flexibility index (Phi) is 3.82. The molecule has 1 saturated heterocycles. The van der Waals surface area contributed by atoms with Gasteiger partial charge in [-0.1, -0.05) is 0 Å². The van der Waals surface area contributed by atoms with Crippen LogP contribution in [0.3, 0.4) is 0 Å². The van der Waals surface area contributed by atoms with Gasteiger partial charge in [0.05, 0.1) is 0 Å². The predicted octanol–water partition coefficient (Wildman–Crippen LogP) is 1.10. The normalized spacial score (nSPS) is 27.4. The second-order valence-electron chi connectivity index (χ2n) is 4.77. The first kappa shape index (κ1) is 11.9. The van der Waals surface area contributed by atoms with Gasteiger partial charge in [-0.2, -0.15) is 0 Å². The molecule has 2 aliphatic rings. The van der Waals surface area contributed by atoms with Gasteiger partial charge in [-0.05, 0) is 38.0 Å². The van der Waals surface area contributed by atoms with Crippen molar-refractivity contribution in [2.24, 2.45) is 5.41 Å². The Labute approximate surface area is 96.7 Å². The van der Waals surface area contributed by atoms with Crippen LogP contribution in [0, 0.1) is 5.41 Å². The van der Waals surface area contributed by atoms with E-state index in [0.717, 1.165) is 32.5 Å². The van der Waals surface area contributed by atoms with Crippen molar-refractivity contribution in [1.29, 1.82) is 0 Å². The maximum atomic E-state index is 11.6. The number of carbonyl (C=O) groups is 1. The summed E-state index contributed by atoms with van der Waals surface area (Å²) in [7, 11) is 0. The number of hydrogen-bond donors (Lipinski definition) is 1. The van der Waals surface area contributed by atoms with E-state index in [4.69, 9.17) is 9.47 Å². The molecule has 1 atom stereocenters. The van der Waals surface area contributed by atoms with E-state index in [-0.39, 0.29) is 12.5 Å². The summed E-state index contributed by atoms with van der Waals surface area (Å²) in [5, 5.41) is 3.09. The van der Waals surface area contributed by atoms with Crippen LogP contribution in [0.25, 0.3) is 0 Å². The fourth-order valence-electron chi connectivity index (χ4n) is 2.73. The van der Waals surface area contributed by atoms with E-state index >= 15 is 0 Å². The van der Waals surface area contributed by atoms with E-state index in [0.29, 0.717) is 18.1 Å². The number of amides is 1. The lowest BCUT2D eigenvalue weighted by molar-refractivity contribution is -0.131. The maximum Gasteiger partial charge on any atom is 0.246 e. The molecule has 1 aliphatic heterocycles. The zero-order valence-electron chi connectivity index (χ0n) is 9.96. The highest BCUT2D eigenvalue weighted by Gasteiger charge is 2.47. The second-order valence-corrected chi connectivity index (χ2v) is 4.77. The first-order chi connectivity index (χ1) is 7.77. The lowest BCUT2D eigenvalue weighted by atomic mass is 9.60. The van der Waals surface area contributed by atoms with Crippen LogP contribution in [0.2, 0.25) is 0 Å². The molecule has 1 unspecified atom stereocenters. The smallest absolute Gasteiger partial charge is 0.246 e. The average Bonchev–Trinajstić information content (AvgIpc) is 2.33. The topological polar surface area (TPSA) is 47.6 Å². The molecule has 92 valence electrons. The molecule has 1 aliphatic carbocycles. The van der Waals surface area contributed by atoms with E-state index in [2.05, 4.69) is 5.32 Å². The van der Waals surface area contributed by atoms with Crippen LogP contribution in [0.5, 0.6) is 0 Å². The van der Waals surface area contributed by atoms with Crippen LogP contribution in [0.4, 0.5) is 0 Å². The average molecular weight is 227 g/mol. The van der Waals surface area contributed by atoms with Crippen molar-refractivity contribution in [1.82, 2.24) is 5.32 Å². The molecular weight excluding hydrogens is 206 g/mol. The van der Waals surface area contributed by atoms with Crippen LogP contribution in [0.1, 0.15) is 32.6 Å². The highest BCUT2D eigenvalue weighted by Crippen LogP contribution is 2.48. The minimum atomic E-state index is 0.0254. The number of carbonyl (C=O) groups excluding carboxylic acids is 1. The minimum absolute atomic E-state index is 0.0254. The Morgan fingerprint density at radius 2 is 2.19 bits per heavy atom. The number of nitrogens with one attached hydrogen (secondary N) is 1. The lowest BCUT2D eigenvalue weighted by Crippen LogP contribution is -2.57.